The summed E-state index contributed by atoms with van der Waals surface area (Å²) in [4.78, 5) is 10.9. The molecule has 0 saturated carbocycles. The highest BCUT2D eigenvalue weighted by Crippen LogP contribution is 2.28. The second-order valence-electron chi connectivity index (χ2n) is 3.75. The Morgan fingerprint density at radius 2 is 2.13 bits per heavy atom. The van der Waals surface area contributed by atoms with Gasteiger partial charge in [0.1, 0.15) is 5.75 Å². The zero-order chi connectivity index (χ0) is 11.4. The summed E-state index contributed by atoms with van der Waals surface area (Å²) in [5.74, 6) is 1.06. The van der Waals surface area contributed by atoms with E-state index in [1.807, 2.05) is 18.2 Å². The number of hydrogen-bond acceptors (Lipinski definition) is 2. The van der Waals surface area contributed by atoms with Crippen LogP contribution in [-0.4, -0.2) is 5.97 Å². The number of esters is 1. The first kappa shape index (κ1) is 12.1. The summed E-state index contributed by atoms with van der Waals surface area (Å²) in [7, 11) is 0. The molecule has 0 spiro atoms. The minimum Gasteiger partial charge on any atom is -0.426 e. The van der Waals surface area contributed by atoms with E-state index in [1.54, 1.807) is 0 Å². The summed E-state index contributed by atoms with van der Waals surface area (Å²) in [6.45, 7) is 5.52. The van der Waals surface area contributed by atoms with Gasteiger partial charge in [-0.05, 0) is 23.1 Å². The van der Waals surface area contributed by atoms with Gasteiger partial charge in [0.05, 0.1) is 0 Å². The highest BCUT2D eigenvalue weighted by atomic mass is 35.5. The number of carbonyl (C=O) groups excluding carboxylic acids is 1. The molecule has 82 valence electrons. The van der Waals surface area contributed by atoms with Gasteiger partial charge in [0.25, 0.3) is 0 Å². The average molecular weight is 227 g/mol. The Hall–Kier alpha value is -1.02. The van der Waals surface area contributed by atoms with Crippen molar-refractivity contribution < 1.29 is 9.53 Å². The third-order valence-corrected chi connectivity index (χ3v) is 2.42. The van der Waals surface area contributed by atoms with E-state index in [0.29, 0.717) is 17.5 Å². The van der Waals surface area contributed by atoms with Crippen molar-refractivity contribution in [1.82, 2.24) is 0 Å². The van der Waals surface area contributed by atoms with E-state index in [2.05, 4.69) is 13.8 Å². The second-order valence-corrected chi connectivity index (χ2v) is 4.02. The predicted octanol–water partition coefficient (Wildman–Crippen LogP) is 3.47. The third-order valence-electron chi connectivity index (χ3n) is 2.11. The number of alkyl halides is 1. The monoisotopic (exact) mass is 226 g/mol. The van der Waals surface area contributed by atoms with Crippen LogP contribution in [0.2, 0.25) is 0 Å². The number of carbonyl (C=O) groups is 1. The molecule has 0 bridgehead atoms. The highest BCUT2D eigenvalue weighted by Gasteiger charge is 2.10. The molecule has 0 unspecified atom stereocenters. The molecule has 0 aliphatic carbocycles. The summed E-state index contributed by atoms with van der Waals surface area (Å²) in [5.41, 5.74) is 1.98. The topological polar surface area (TPSA) is 26.3 Å². The molecule has 3 heteroatoms. The molecule has 0 amide bonds. The van der Waals surface area contributed by atoms with Gasteiger partial charge >= 0.3 is 5.97 Å². The maximum atomic E-state index is 10.9. The Labute approximate surface area is 95.2 Å². The van der Waals surface area contributed by atoms with E-state index in [0.717, 1.165) is 11.1 Å². The Balaban J connectivity index is 3.10. The van der Waals surface area contributed by atoms with E-state index in [-0.39, 0.29) is 5.97 Å². The quantitative estimate of drug-likeness (QED) is 0.448. The summed E-state index contributed by atoms with van der Waals surface area (Å²) in [6, 6.07) is 5.74. The molecule has 0 heterocycles. The lowest BCUT2D eigenvalue weighted by atomic mass is 10.0. The molecule has 0 saturated heterocycles. The number of rotatable bonds is 3. The van der Waals surface area contributed by atoms with E-state index in [9.17, 15) is 4.79 Å². The molecule has 0 atom stereocenters. The SMILES string of the molecule is CC(=O)Oc1cc(CCl)ccc1C(C)C. The minimum absolute atomic E-state index is 0.302. The zero-order valence-electron chi connectivity index (χ0n) is 9.21. The van der Waals surface area contributed by atoms with Crippen molar-refractivity contribution in [3.05, 3.63) is 29.3 Å². The second kappa shape index (κ2) is 5.17. The van der Waals surface area contributed by atoms with Gasteiger partial charge in [-0.15, -0.1) is 11.6 Å². The lowest BCUT2D eigenvalue weighted by molar-refractivity contribution is -0.131. The van der Waals surface area contributed by atoms with Gasteiger partial charge in [0, 0.05) is 12.8 Å². The van der Waals surface area contributed by atoms with E-state index in [1.165, 1.54) is 6.92 Å². The molecule has 0 fully saturated rings. The van der Waals surface area contributed by atoms with Crippen LogP contribution in [0, 0.1) is 0 Å². The fourth-order valence-electron chi connectivity index (χ4n) is 1.38. The van der Waals surface area contributed by atoms with E-state index in [4.69, 9.17) is 16.3 Å². The van der Waals surface area contributed by atoms with Gasteiger partial charge in [0.15, 0.2) is 0 Å². The maximum Gasteiger partial charge on any atom is 0.308 e. The predicted molar refractivity (Wildman–Crippen MR) is 61.4 cm³/mol. The molecule has 1 rings (SSSR count). The zero-order valence-corrected chi connectivity index (χ0v) is 9.97. The molecule has 2 nitrogen and oxygen atoms in total. The first-order valence-corrected chi connectivity index (χ1v) is 5.45. The van der Waals surface area contributed by atoms with Crippen molar-refractivity contribution >= 4 is 17.6 Å². The van der Waals surface area contributed by atoms with Crippen molar-refractivity contribution in [2.75, 3.05) is 0 Å². The number of benzene rings is 1. The molecule has 1 aromatic carbocycles. The molecule has 0 radical (unpaired) electrons. The summed E-state index contributed by atoms with van der Waals surface area (Å²) >= 11 is 5.73. The fraction of sp³-hybridized carbons (Fsp3) is 0.417. The van der Waals surface area contributed by atoms with Gasteiger partial charge < -0.3 is 4.74 Å². The summed E-state index contributed by atoms with van der Waals surface area (Å²) < 4.78 is 5.15. The molecule has 15 heavy (non-hydrogen) atoms. The van der Waals surface area contributed by atoms with Crippen LogP contribution in [-0.2, 0) is 10.7 Å². The van der Waals surface area contributed by atoms with Crippen LogP contribution in [0.4, 0.5) is 0 Å². The van der Waals surface area contributed by atoms with Crippen LogP contribution >= 0.6 is 11.6 Å². The van der Waals surface area contributed by atoms with Crippen LogP contribution in [0.15, 0.2) is 18.2 Å². The normalized spacial score (nSPS) is 10.5. The van der Waals surface area contributed by atoms with Gasteiger partial charge in [-0.1, -0.05) is 26.0 Å². The number of ether oxygens (including phenoxy) is 1. The van der Waals surface area contributed by atoms with Crippen LogP contribution in [0.5, 0.6) is 5.75 Å². The molecule has 0 aliphatic heterocycles. The number of halogens is 1. The molecule has 0 aliphatic rings. The van der Waals surface area contributed by atoms with Crippen molar-refractivity contribution in [3.8, 4) is 5.75 Å². The van der Waals surface area contributed by atoms with Gasteiger partial charge in [-0.2, -0.15) is 0 Å². The Morgan fingerprint density at radius 1 is 1.47 bits per heavy atom. The largest absolute Gasteiger partial charge is 0.426 e. The molecule has 0 N–H and O–H groups in total. The number of hydrogen-bond donors (Lipinski definition) is 0. The molecular weight excluding hydrogens is 212 g/mol. The maximum absolute atomic E-state index is 10.9. The van der Waals surface area contributed by atoms with Crippen LogP contribution < -0.4 is 4.74 Å². The van der Waals surface area contributed by atoms with Crippen molar-refractivity contribution in [3.63, 3.8) is 0 Å². The van der Waals surface area contributed by atoms with Crippen LogP contribution in [0.3, 0.4) is 0 Å². The lowest BCUT2D eigenvalue weighted by Gasteiger charge is -2.12. The molecular formula is C12H15ClO2. The standard InChI is InChI=1S/C12H15ClO2/c1-8(2)11-5-4-10(7-13)6-12(11)15-9(3)14/h4-6,8H,7H2,1-3H3. The van der Waals surface area contributed by atoms with Gasteiger partial charge in [0.2, 0.25) is 0 Å². The average Bonchev–Trinajstić information content (AvgIpc) is 2.16. The Bertz CT molecular complexity index is 359. The van der Waals surface area contributed by atoms with Crippen molar-refractivity contribution in [1.29, 1.82) is 0 Å². The smallest absolute Gasteiger partial charge is 0.308 e. The van der Waals surface area contributed by atoms with E-state index >= 15 is 0 Å². The van der Waals surface area contributed by atoms with E-state index < -0.39 is 0 Å². The molecule has 1 aromatic rings. The van der Waals surface area contributed by atoms with Crippen LogP contribution in [0.1, 0.15) is 37.8 Å². The first-order chi connectivity index (χ1) is 7.04. The molecule has 0 aromatic heterocycles. The van der Waals surface area contributed by atoms with Crippen molar-refractivity contribution in [2.45, 2.75) is 32.6 Å². The van der Waals surface area contributed by atoms with Gasteiger partial charge in [-0.25, -0.2) is 0 Å². The fourth-order valence-corrected chi connectivity index (χ4v) is 1.55. The lowest BCUT2D eigenvalue weighted by Crippen LogP contribution is -2.05. The summed E-state index contributed by atoms with van der Waals surface area (Å²) in [6.07, 6.45) is 0. The highest BCUT2D eigenvalue weighted by molar-refractivity contribution is 6.17. The Morgan fingerprint density at radius 3 is 2.60 bits per heavy atom. The Kier molecular flexibility index (Phi) is 4.15. The van der Waals surface area contributed by atoms with Gasteiger partial charge in [-0.3, -0.25) is 4.79 Å². The minimum atomic E-state index is -0.302. The summed E-state index contributed by atoms with van der Waals surface area (Å²) in [5, 5.41) is 0. The third kappa shape index (κ3) is 3.24. The van der Waals surface area contributed by atoms with Crippen LogP contribution in [0.25, 0.3) is 0 Å². The van der Waals surface area contributed by atoms with Crippen molar-refractivity contribution in [2.24, 2.45) is 0 Å². The first-order valence-electron chi connectivity index (χ1n) is 4.91.